The Balaban J connectivity index is 0.00000280. The van der Waals surface area contributed by atoms with Crippen molar-refractivity contribution in [1.82, 2.24) is 20.0 Å². The number of hydrogen-bond acceptors (Lipinski definition) is 4. The van der Waals surface area contributed by atoms with Crippen molar-refractivity contribution in [2.75, 3.05) is 51.8 Å². The molecule has 1 aliphatic rings. The highest BCUT2D eigenvalue weighted by atomic mass is 127. The average molecular weight is 498 g/mol. The molecule has 7 nitrogen and oxygen atoms in total. The molecule has 1 saturated heterocycles. The fourth-order valence-corrected chi connectivity index (χ4v) is 3.35. The van der Waals surface area contributed by atoms with Gasteiger partial charge in [0.25, 0.3) is 0 Å². The number of nitrogens with zero attached hydrogens (tertiary/aromatic N) is 5. The number of methoxy groups -OCH3 is 1. The van der Waals surface area contributed by atoms with Crippen molar-refractivity contribution >= 4 is 35.6 Å². The van der Waals surface area contributed by atoms with Gasteiger partial charge in [-0.15, -0.1) is 24.0 Å². The predicted octanol–water partition coefficient (Wildman–Crippen LogP) is 2.61. The highest BCUT2D eigenvalue weighted by Gasteiger charge is 2.19. The molecule has 8 heteroatoms. The number of aliphatic imine (C=N–C) groups is 1. The van der Waals surface area contributed by atoms with E-state index in [0.717, 1.165) is 57.4 Å². The lowest BCUT2D eigenvalue weighted by Gasteiger charge is -2.37. The van der Waals surface area contributed by atoms with Gasteiger partial charge in [-0.3, -0.25) is 9.67 Å². The Labute approximate surface area is 184 Å². The average Bonchev–Trinajstić information content (AvgIpc) is 3.13. The Morgan fingerprint density at radius 1 is 1.25 bits per heavy atom. The van der Waals surface area contributed by atoms with Gasteiger partial charge < -0.3 is 19.9 Å². The molecule has 1 aliphatic heterocycles. The molecule has 3 rings (SSSR count). The second kappa shape index (κ2) is 11.1. The van der Waals surface area contributed by atoms with E-state index in [1.165, 1.54) is 11.3 Å². The summed E-state index contributed by atoms with van der Waals surface area (Å²) in [6.07, 6.45) is 4.99. The van der Waals surface area contributed by atoms with Crippen molar-refractivity contribution < 1.29 is 4.74 Å². The van der Waals surface area contributed by atoms with Crippen LogP contribution in [-0.2, 0) is 6.54 Å². The maximum Gasteiger partial charge on any atom is 0.193 e. The van der Waals surface area contributed by atoms with E-state index in [4.69, 9.17) is 4.74 Å². The van der Waals surface area contributed by atoms with E-state index in [9.17, 15) is 0 Å². The van der Waals surface area contributed by atoms with Crippen molar-refractivity contribution in [3.05, 3.63) is 42.2 Å². The van der Waals surface area contributed by atoms with Crippen molar-refractivity contribution in [3.8, 4) is 5.75 Å². The summed E-state index contributed by atoms with van der Waals surface area (Å²) >= 11 is 0. The normalized spacial score (nSPS) is 14.6. The summed E-state index contributed by atoms with van der Waals surface area (Å²) in [7, 11) is 3.56. The van der Waals surface area contributed by atoms with Gasteiger partial charge in [0.15, 0.2) is 5.96 Å². The maximum atomic E-state index is 5.34. The second-order valence-corrected chi connectivity index (χ2v) is 6.78. The first-order valence-electron chi connectivity index (χ1n) is 9.53. The fraction of sp³-hybridized carbons (Fsp3) is 0.500. The molecule has 0 aliphatic carbocycles. The summed E-state index contributed by atoms with van der Waals surface area (Å²) in [5, 5.41) is 7.81. The monoisotopic (exact) mass is 498 g/mol. The van der Waals surface area contributed by atoms with Gasteiger partial charge >= 0.3 is 0 Å². The number of halogens is 1. The third-order valence-electron chi connectivity index (χ3n) is 4.82. The van der Waals surface area contributed by atoms with E-state index in [-0.39, 0.29) is 24.0 Å². The Bertz CT molecular complexity index is 755. The minimum absolute atomic E-state index is 0. The van der Waals surface area contributed by atoms with E-state index in [1.54, 1.807) is 7.11 Å². The third-order valence-corrected chi connectivity index (χ3v) is 4.82. The number of aryl methyl sites for hydroxylation is 2. The Hall–Kier alpha value is -1.97. The second-order valence-electron chi connectivity index (χ2n) is 6.78. The summed E-state index contributed by atoms with van der Waals surface area (Å²) in [6.45, 7) is 7.73. The van der Waals surface area contributed by atoms with E-state index < -0.39 is 0 Å². The smallest absolute Gasteiger partial charge is 0.193 e. The quantitative estimate of drug-likeness (QED) is 0.287. The lowest BCUT2D eigenvalue weighted by atomic mass is 10.2. The molecule has 0 radical (unpaired) electrons. The van der Waals surface area contributed by atoms with Crippen LogP contribution in [0.1, 0.15) is 12.0 Å². The largest absolute Gasteiger partial charge is 0.497 e. The molecule has 0 amide bonds. The molecule has 28 heavy (non-hydrogen) atoms. The molecule has 0 bridgehead atoms. The van der Waals surface area contributed by atoms with Crippen LogP contribution in [0.2, 0.25) is 0 Å². The first-order valence-corrected chi connectivity index (χ1v) is 9.53. The van der Waals surface area contributed by atoms with Crippen LogP contribution in [0.15, 0.2) is 41.7 Å². The molecule has 0 spiro atoms. The van der Waals surface area contributed by atoms with Crippen molar-refractivity contribution in [2.45, 2.75) is 19.9 Å². The van der Waals surface area contributed by atoms with E-state index in [0.29, 0.717) is 0 Å². The lowest BCUT2D eigenvalue weighted by molar-refractivity contribution is 0.371. The molecule has 2 heterocycles. The van der Waals surface area contributed by atoms with Crippen LogP contribution in [0.3, 0.4) is 0 Å². The minimum Gasteiger partial charge on any atom is -0.497 e. The number of rotatable bonds is 6. The van der Waals surface area contributed by atoms with Gasteiger partial charge in [0.2, 0.25) is 0 Å². The number of piperazine rings is 1. The fourth-order valence-electron chi connectivity index (χ4n) is 3.35. The van der Waals surface area contributed by atoms with Crippen LogP contribution in [0.5, 0.6) is 5.75 Å². The van der Waals surface area contributed by atoms with Gasteiger partial charge in [0.05, 0.1) is 13.3 Å². The van der Waals surface area contributed by atoms with E-state index in [1.807, 2.05) is 30.1 Å². The molecule has 1 aromatic heterocycles. The number of anilines is 1. The van der Waals surface area contributed by atoms with Crippen LogP contribution in [0, 0.1) is 6.92 Å². The molecule has 1 aromatic carbocycles. The summed E-state index contributed by atoms with van der Waals surface area (Å²) < 4.78 is 7.33. The first-order chi connectivity index (χ1) is 13.2. The highest BCUT2D eigenvalue weighted by Crippen LogP contribution is 2.22. The Morgan fingerprint density at radius 2 is 2.04 bits per heavy atom. The molecule has 154 valence electrons. The standard InChI is InChI=1S/C20H30N6O.HI/c1-17-15-23-26(16-17)9-5-8-22-20(21-2)25-12-10-24(11-13-25)18-6-4-7-19(14-18)27-3;/h4,6-7,14-16H,5,8-13H2,1-3H3,(H,21,22);1H. The van der Waals surface area contributed by atoms with Crippen LogP contribution in [0.4, 0.5) is 5.69 Å². The molecule has 0 unspecified atom stereocenters. The first kappa shape index (κ1) is 22.3. The van der Waals surface area contributed by atoms with Crippen LogP contribution >= 0.6 is 24.0 Å². The highest BCUT2D eigenvalue weighted by molar-refractivity contribution is 14.0. The number of aromatic nitrogens is 2. The van der Waals surface area contributed by atoms with Gasteiger partial charge in [-0.05, 0) is 31.0 Å². The molecule has 1 N–H and O–H groups in total. The van der Waals surface area contributed by atoms with Crippen molar-refractivity contribution in [1.29, 1.82) is 0 Å². The molecule has 2 aromatic rings. The van der Waals surface area contributed by atoms with Crippen molar-refractivity contribution in [2.24, 2.45) is 4.99 Å². The van der Waals surface area contributed by atoms with Crippen LogP contribution in [0.25, 0.3) is 0 Å². The zero-order chi connectivity index (χ0) is 19.1. The maximum absolute atomic E-state index is 5.34. The molecule has 1 fully saturated rings. The summed E-state index contributed by atoms with van der Waals surface area (Å²) in [5.41, 5.74) is 2.42. The number of nitrogens with one attached hydrogen (secondary N) is 1. The van der Waals surface area contributed by atoms with Gasteiger partial charge in [0.1, 0.15) is 5.75 Å². The zero-order valence-electron chi connectivity index (χ0n) is 17.0. The number of benzene rings is 1. The van der Waals surface area contributed by atoms with Crippen molar-refractivity contribution in [3.63, 3.8) is 0 Å². The molecule has 0 atom stereocenters. The van der Waals surface area contributed by atoms with Gasteiger partial charge in [-0.1, -0.05) is 6.07 Å². The molecule has 0 saturated carbocycles. The SMILES string of the molecule is CN=C(NCCCn1cc(C)cn1)N1CCN(c2cccc(OC)c2)CC1.I. The molecular weight excluding hydrogens is 467 g/mol. The topological polar surface area (TPSA) is 57.9 Å². The Morgan fingerprint density at radius 3 is 2.68 bits per heavy atom. The Kier molecular flexibility index (Phi) is 8.88. The lowest BCUT2D eigenvalue weighted by Crippen LogP contribution is -2.52. The number of hydrogen-bond donors (Lipinski definition) is 1. The minimum atomic E-state index is 0. The van der Waals surface area contributed by atoms with E-state index in [2.05, 4.69) is 50.5 Å². The van der Waals surface area contributed by atoms with Crippen LogP contribution < -0.4 is 15.0 Å². The number of ether oxygens (including phenoxy) is 1. The molecular formula is C20H31IN6O. The summed E-state index contributed by atoms with van der Waals surface area (Å²) in [4.78, 5) is 9.18. The summed E-state index contributed by atoms with van der Waals surface area (Å²) in [5.74, 6) is 1.89. The predicted molar refractivity (Wildman–Crippen MR) is 125 cm³/mol. The number of guanidine groups is 1. The van der Waals surface area contributed by atoms with Gasteiger partial charge in [0, 0.05) is 64.3 Å². The van der Waals surface area contributed by atoms with Gasteiger partial charge in [-0.2, -0.15) is 5.10 Å². The van der Waals surface area contributed by atoms with Gasteiger partial charge in [-0.25, -0.2) is 0 Å². The summed E-state index contributed by atoms with van der Waals surface area (Å²) in [6, 6.07) is 8.26. The van der Waals surface area contributed by atoms with Crippen LogP contribution in [-0.4, -0.2) is 67.5 Å². The zero-order valence-corrected chi connectivity index (χ0v) is 19.3. The third kappa shape index (κ3) is 6.02. The van der Waals surface area contributed by atoms with E-state index >= 15 is 0 Å².